The molecule has 0 spiro atoms. The van der Waals surface area contributed by atoms with Crippen LogP contribution in [-0.4, -0.2) is 22.5 Å². The standard InChI is InChI=1S/C16H20N4O2/c1-12-11-13(2)18-16(17-12)20-19-15(21)9-6-10-22-14-7-4-3-5-8-14/h3-5,7-8,11H,6,9-10H2,1-2H3,(H,19,21)(H,17,18,20). The zero-order chi connectivity index (χ0) is 15.8. The van der Waals surface area contributed by atoms with Gasteiger partial charge in [0.25, 0.3) is 0 Å². The molecule has 0 aliphatic heterocycles. The lowest BCUT2D eigenvalue weighted by molar-refractivity contribution is -0.120. The zero-order valence-electron chi connectivity index (χ0n) is 12.8. The van der Waals surface area contributed by atoms with Crippen molar-refractivity contribution in [3.05, 3.63) is 47.8 Å². The maximum atomic E-state index is 11.7. The molecule has 0 unspecified atom stereocenters. The molecule has 1 amide bonds. The smallest absolute Gasteiger partial charge is 0.242 e. The van der Waals surface area contributed by atoms with Crippen LogP contribution in [0.2, 0.25) is 0 Å². The molecular weight excluding hydrogens is 280 g/mol. The summed E-state index contributed by atoms with van der Waals surface area (Å²) in [5.41, 5.74) is 7.00. The van der Waals surface area contributed by atoms with Crippen molar-refractivity contribution in [2.45, 2.75) is 26.7 Å². The number of aromatic nitrogens is 2. The lowest BCUT2D eigenvalue weighted by atomic mass is 10.3. The van der Waals surface area contributed by atoms with E-state index in [1.807, 2.05) is 50.2 Å². The monoisotopic (exact) mass is 300 g/mol. The average molecular weight is 300 g/mol. The molecular formula is C16H20N4O2. The molecule has 116 valence electrons. The molecule has 0 fully saturated rings. The van der Waals surface area contributed by atoms with Gasteiger partial charge in [-0.25, -0.2) is 9.97 Å². The van der Waals surface area contributed by atoms with Gasteiger partial charge in [0.05, 0.1) is 6.61 Å². The topological polar surface area (TPSA) is 76.1 Å². The van der Waals surface area contributed by atoms with E-state index in [1.54, 1.807) is 0 Å². The number of carbonyl (C=O) groups excluding carboxylic acids is 1. The highest BCUT2D eigenvalue weighted by molar-refractivity contribution is 5.76. The minimum absolute atomic E-state index is 0.126. The number of rotatable bonds is 7. The Labute approximate surface area is 129 Å². The van der Waals surface area contributed by atoms with E-state index in [2.05, 4.69) is 20.8 Å². The molecule has 1 heterocycles. The van der Waals surface area contributed by atoms with Crippen LogP contribution in [0.15, 0.2) is 36.4 Å². The summed E-state index contributed by atoms with van der Waals surface area (Å²) in [6.45, 7) is 4.25. The first-order valence-corrected chi connectivity index (χ1v) is 7.18. The molecule has 2 rings (SSSR count). The number of nitrogens with zero attached hydrogens (tertiary/aromatic N) is 2. The average Bonchev–Trinajstić information content (AvgIpc) is 2.50. The third kappa shape index (κ3) is 5.40. The molecule has 0 aliphatic rings. The van der Waals surface area contributed by atoms with Crippen LogP contribution >= 0.6 is 0 Å². The predicted octanol–water partition coefficient (Wildman–Crippen LogP) is 2.40. The summed E-state index contributed by atoms with van der Waals surface area (Å²) in [5, 5.41) is 0. The molecule has 1 aromatic carbocycles. The Morgan fingerprint density at radius 1 is 1.14 bits per heavy atom. The Balaban J connectivity index is 1.65. The van der Waals surface area contributed by atoms with Gasteiger partial charge in [-0.1, -0.05) is 18.2 Å². The van der Waals surface area contributed by atoms with Crippen molar-refractivity contribution in [2.75, 3.05) is 12.0 Å². The summed E-state index contributed by atoms with van der Waals surface area (Å²) in [7, 11) is 0. The van der Waals surface area contributed by atoms with E-state index in [-0.39, 0.29) is 5.91 Å². The van der Waals surface area contributed by atoms with Crippen molar-refractivity contribution in [1.82, 2.24) is 15.4 Å². The van der Waals surface area contributed by atoms with E-state index in [0.717, 1.165) is 17.1 Å². The first-order valence-electron chi connectivity index (χ1n) is 7.18. The normalized spacial score (nSPS) is 10.1. The number of hydrogen-bond donors (Lipinski definition) is 2. The fourth-order valence-electron chi connectivity index (χ4n) is 1.91. The Morgan fingerprint density at radius 2 is 1.82 bits per heavy atom. The number of amides is 1. The Bertz CT molecular complexity index is 597. The van der Waals surface area contributed by atoms with Crippen molar-refractivity contribution in [3.8, 4) is 5.75 Å². The number of benzene rings is 1. The molecule has 2 aromatic rings. The maximum Gasteiger partial charge on any atom is 0.242 e. The van der Waals surface area contributed by atoms with Crippen LogP contribution in [-0.2, 0) is 4.79 Å². The lowest BCUT2D eigenvalue weighted by Gasteiger charge is -2.09. The summed E-state index contributed by atoms with van der Waals surface area (Å²) < 4.78 is 5.53. The number of carbonyl (C=O) groups is 1. The van der Waals surface area contributed by atoms with E-state index < -0.39 is 0 Å². The highest BCUT2D eigenvalue weighted by Crippen LogP contribution is 2.08. The first kappa shape index (κ1) is 15.8. The second kappa shape index (κ2) is 7.97. The Morgan fingerprint density at radius 3 is 2.50 bits per heavy atom. The van der Waals surface area contributed by atoms with E-state index in [1.165, 1.54) is 0 Å². The van der Waals surface area contributed by atoms with Crippen molar-refractivity contribution >= 4 is 11.9 Å². The largest absolute Gasteiger partial charge is 0.494 e. The molecule has 0 bridgehead atoms. The molecule has 0 radical (unpaired) electrons. The zero-order valence-corrected chi connectivity index (χ0v) is 12.8. The van der Waals surface area contributed by atoms with Crippen LogP contribution in [0.3, 0.4) is 0 Å². The van der Waals surface area contributed by atoms with Gasteiger partial charge in [0.2, 0.25) is 11.9 Å². The quantitative estimate of drug-likeness (QED) is 0.606. The first-order chi connectivity index (χ1) is 10.6. The third-order valence-electron chi connectivity index (χ3n) is 2.86. The number of aryl methyl sites for hydroxylation is 2. The van der Waals surface area contributed by atoms with E-state index in [4.69, 9.17) is 4.74 Å². The number of ether oxygens (including phenoxy) is 1. The van der Waals surface area contributed by atoms with E-state index >= 15 is 0 Å². The third-order valence-corrected chi connectivity index (χ3v) is 2.86. The van der Waals surface area contributed by atoms with Gasteiger partial charge in [-0.05, 0) is 38.5 Å². The Hall–Kier alpha value is -2.63. The highest BCUT2D eigenvalue weighted by atomic mass is 16.5. The molecule has 0 saturated carbocycles. The van der Waals surface area contributed by atoms with Gasteiger partial charge in [-0.2, -0.15) is 0 Å². The number of hydrazine groups is 1. The van der Waals surface area contributed by atoms with Crippen LogP contribution < -0.4 is 15.6 Å². The van der Waals surface area contributed by atoms with Crippen molar-refractivity contribution < 1.29 is 9.53 Å². The molecule has 1 aromatic heterocycles. The maximum absolute atomic E-state index is 11.7. The lowest BCUT2D eigenvalue weighted by Crippen LogP contribution is -2.30. The number of hydrogen-bond acceptors (Lipinski definition) is 5. The number of anilines is 1. The molecule has 2 N–H and O–H groups in total. The highest BCUT2D eigenvalue weighted by Gasteiger charge is 2.03. The summed E-state index contributed by atoms with van der Waals surface area (Å²) in [4.78, 5) is 20.1. The molecule has 0 aliphatic carbocycles. The van der Waals surface area contributed by atoms with E-state index in [9.17, 15) is 4.79 Å². The van der Waals surface area contributed by atoms with Gasteiger partial charge in [0, 0.05) is 17.8 Å². The fourth-order valence-corrected chi connectivity index (χ4v) is 1.91. The van der Waals surface area contributed by atoms with Crippen LogP contribution in [0.1, 0.15) is 24.2 Å². The SMILES string of the molecule is Cc1cc(C)nc(NNC(=O)CCCOc2ccccc2)n1. The van der Waals surface area contributed by atoms with Gasteiger partial charge < -0.3 is 4.74 Å². The second-order valence-corrected chi connectivity index (χ2v) is 4.91. The van der Waals surface area contributed by atoms with Crippen LogP contribution in [0, 0.1) is 13.8 Å². The van der Waals surface area contributed by atoms with Crippen LogP contribution in [0.25, 0.3) is 0 Å². The van der Waals surface area contributed by atoms with Gasteiger partial charge in [0.1, 0.15) is 5.75 Å². The molecule has 0 saturated heterocycles. The minimum Gasteiger partial charge on any atom is -0.494 e. The van der Waals surface area contributed by atoms with Gasteiger partial charge in [-0.3, -0.25) is 15.6 Å². The number of para-hydroxylation sites is 1. The van der Waals surface area contributed by atoms with Crippen molar-refractivity contribution in [2.24, 2.45) is 0 Å². The van der Waals surface area contributed by atoms with Crippen molar-refractivity contribution in [3.63, 3.8) is 0 Å². The van der Waals surface area contributed by atoms with Gasteiger partial charge in [-0.15, -0.1) is 0 Å². The summed E-state index contributed by atoms with van der Waals surface area (Å²) in [6.07, 6.45) is 1.00. The summed E-state index contributed by atoms with van der Waals surface area (Å²) >= 11 is 0. The van der Waals surface area contributed by atoms with Crippen LogP contribution in [0.4, 0.5) is 5.95 Å². The number of nitrogens with one attached hydrogen (secondary N) is 2. The van der Waals surface area contributed by atoms with Crippen LogP contribution in [0.5, 0.6) is 5.75 Å². The summed E-state index contributed by atoms with van der Waals surface area (Å²) in [6, 6.07) is 11.4. The summed E-state index contributed by atoms with van der Waals surface area (Å²) in [5.74, 6) is 1.08. The minimum atomic E-state index is -0.126. The van der Waals surface area contributed by atoms with Gasteiger partial charge >= 0.3 is 0 Å². The van der Waals surface area contributed by atoms with Gasteiger partial charge in [0.15, 0.2) is 0 Å². The molecule has 6 heteroatoms. The Kier molecular flexibility index (Phi) is 5.71. The molecule has 6 nitrogen and oxygen atoms in total. The molecule has 0 atom stereocenters. The second-order valence-electron chi connectivity index (χ2n) is 4.91. The van der Waals surface area contributed by atoms with E-state index in [0.29, 0.717) is 25.4 Å². The van der Waals surface area contributed by atoms with Crippen molar-refractivity contribution in [1.29, 1.82) is 0 Å². The molecule has 22 heavy (non-hydrogen) atoms. The predicted molar refractivity (Wildman–Crippen MR) is 84.4 cm³/mol. The fraction of sp³-hybridized carbons (Fsp3) is 0.312.